The van der Waals surface area contributed by atoms with E-state index < -0.39 is 40.0 Å². The Hall–Kier alpha value is -3.63. The zero-order chi connectivity index (χ0) is 24.3. The van der Waals surface area contributed by atoms with E-state index >= 15 is 0 Å². The standard InChI is InChI=1S/C24H21F2N3O4S/c25-21-9-8-19(13-22(21)26)28-23(30)14-27-24(31)17-6-3-7-20(12-17)34(32,33)29-11-10-16-4-1-2-5-18(16)15-29/h1-9,12-13H,10-11,14-15H2,(H,27,31)(H,28,30). The van der Waals surface area contributed by atoms with Crippen molar-refractivity contribution in [2.75, 3.05) is 18.4 Å². The lowest BCUT2D eigenvalue weighted by atomic mass is 10.0. The van der Waals surface area contributed by atoms with Crippen molar-refractivity contribution in [3.8, 4) is 0 Å². The summed E-state index contributed by atoms with van der Waals surface area (Å²) in [6.07, 6.45) is 0.600. The predicted octanol–water partition coefficient (Wildman–Crippen LogP) is 3.08. The van der Waals surface area contributed by atoms with Crippen molar-refractivity contribution in [1.29, 1.82) is 0 Å². The molecule has 4 rings (SSSR count). The number of hydrogen-bond acceptors (Lipinski definition) is 4. The number of amides is 2. The van der Waals surface area contributed by atoms with E-state index in [9.17, 15) is 26.8 Å². The fourth-order valence-electron chi connectivity index (χ4n) is 3.66. The van der Waals surface area contributed by atoms with Crippen molar-refractivity contribution >= 4 is 27.5 Å². The van der Waals surface area contributed by atoms with E-state index in [0.717, 1.165) is 23.3 Å². The third kappa shape index (κ3) is 5.13. The summed E-state index contributed by atoms with van der Waals surface area (Å²) >= 11 is 0. The Kier molecular flexibility index (Phi) is 6.71. The van der Waals surface area contributed by atoms with Crippen molar-refractivity contribution in [1.82, 2.24) is 9.62 Å². The largest absolute Gasteiger partial charge is 0.343 e. The number of carbonyl (C=O) groups is 2. The molecule has 2 amide bonds. The normalized spacial score (nSPS) is 13.7. The van der Waals surface area contributed by atoms with Gasteiger partial charge in [-0.25, -0.2) is 17.2 Å². The van der Waals surface area contributed by atoms with Crippen LogP contribution in [-0.2, 0) is 27.8 Å². The molecule has 2 N–H and O–H groups in total. The Balaban J connectivity index is 1.41. The van der Waals surface area contributed by atoms with E-state index in [1.54, 1.807) is 0 Å². The average molecular weight is 486 g/mol. The van der Waals surface area contributed by atoms with Crippen LogP contribution in [0.3, 0.4) is 0 Å². The second-order valence-electron chi connectivity index (χ2n) is 7.74. The lowest BCUT2D eigenvalue weighted by Crippen LogP contribution is -2.36. The first-order valence-corrected chi connectivity index (χ1v) is 11.9. The summed E-state index contributed by atoms with van der Waals surface area (Å²) in [7, 11) is -3.83. The van der Waals surface area contributed by atoms with Gasteiger partial charge in [0.05, 0.1) is 11.4 Å². The van der Waals surface area contributed by atoms with Gasteiger partial charge in [0, 0.05) is 30.4 Å². The van der Waals surface area contributed by atoms with Gasteiger partial charge in [0.25, 0.3) is 5.91 Å². The third-order valence-corrected chi connectivity index (χ3v) is 7.28. The van der Waals surface area contributed by atoms with Crippen LogP contribution in [0.2, 0.25) is 0 Å². The SMILES string of the molecule is O=C(CNC(=O)c1cccc(S(=O)(=O)N2CCc3ccccc3C2)c1)Nc1ccc(F)c(F)c1. The van der Waals surface area contributed by atoms with Gasteiger partial charge < -0.3 is 10.6 Å². The zero-order valence-electron chi connectivity index (χ0n) is 17.9. The first kappa shape index (κ1) is 23.5. The second kappa shape index (κ2) is 9.70. The molecule has 0 fully saturated rings. The quantitative estimate of drug-likeness (QED) is 0.561. The molecule has 0 saturated heterocycles. The highest BCUT2D eigenvalue weighted by molar-refractivity contribution is 7.89. The maximum absolute atomic E-state index is 13.3. The van der Waals surface area contributed by atoms with Crippen LogP contribution in [0.15, 0.2) is 71.6 Å². The van der Waals surface area contributed by atoms with Gasteiger partial charge in [-0.15, -0.1) is 0 Å². The molecular formula is C24H21F2N3O4S. The van der Waals surface area contributed by atoms with Crippen LogP contribution >= 0.6 is 0 Å². The highest BCUT2D eigenvalue weighted by Crippen LogP contribution is 2.25. The van der Waals surface area contributed by atoms with Gasteiger partial charge in [-0.1, -0.05) is 30.3 Å². The molecule has 0 aliphatic carbocycles. The van der Waals surface area contributed by atoms with Crippen LogP contribution in [0.25, 0.3) is 0 Å². The van der Waals surface area contributed by atoms with Crippen molar-refractivity contribution in [2.45, 2.75) is 17.9 Å². The van der Waals surface area contributed by atoms with Gasteiger partial charge in [0.15, 0.2) is 11.6 Å². The Bertz CT molecular complexity index is 1360. The van der Waals surface area contributed by atoms with E-state index in [2.05, 4.69) is 10.6 Å². The predicted molar refractivity (Wildman–Crippen MR) is 122 cm³/mol. The molecule has 1 heterocycles. The van der Waals surface area contributed by atoms with E-state index in [-0.39, 0.29) is 22.7 Å². The summed E-state index contributed by atoms with van der Waals surface area (Å²) < 4.78 is 54.0. The number of fused-ring (bicyclic) bond motifs is 1. The zero-order valence-corrected chi connectivity index (χ0v) is 18.7. The topological polar surface area (TPSA) is 95.6 Å². The molecule has 1 aliphatic rings. The molecule has 0 spiro atoms. The number of hydrogen-bond donors (Lipinski definition) is 2. The van der Waals surface area contributed by atoms with Crippen molar-refractivity contribution in [2.24, 2.45) is 0 Å². The number of nitrogens with one attached hydrogen (secondary N) is 2. The molecule has 0 radical (unpaired) electrons. The van der Waals surface area contributed by atoms with Crippen LogP contribution in [0.1, 0.15) is 21.5 Å². The molecule has 0 unspecified atom stereocenters. The molecule has 3 aromatic rings. The molecule has 34 heavy (non-hydrogen) atoms. The Morgan fingerprint density at radius 3 is 2.44 bits per heavy atom. The number of anilines is 1. The first-order valence-electron chi connectivity index (χ1n) is 10.4. The van der Waals surface area contributed by atoms with Crippen LogP contribution < -0.4 is 10.6 Å². The molecule has 176 valence electrons. The van der Waals surface area contributed by atoms with Crippen LogP contribution in [-0.4, -0.2) is 37.6 Å². The highest BCUT2D eigenvalue weighted by atomic mass is 32.2. The number of carbonyl (C=O) groups excluding carboxylic acids is 2. The van der Waals surface area contributed by atoms with Gasteiger partial charge in [-0.3, -0.25) is 9.59 Å². The van der Waals surface area contributed by atoms with Crippen LogP contribution in [0.5, 0.6) is 0 Å². The molecule has 0 saturated carbocycles. The lowest BCUT2D eigenvalue weighted by Gasteiger charge is -2.28. The molecule has 10 heteroatoms. The minimum absolute atomic E-state index is 0.0224. The van der Waals surface area contributed by atoms with Crippen LogP contribution in [0.4, 0.5) is 14.5 Å². The van der Waals surface area contributed by atoms with Gasteiger partial charge in [-0.2, -0.15) is 4.31 Å². The molecule has 3 aromatic carbocycles. The van der Waals surface area contributed by atoms with Gasteiger partial charge >= 0.3 is 0 Å². The second-order valence-corrected chi connectivity index (χ2v) is 9.68. The molecule has 7 nitrogen and oxygen atoms in total. The smallest absolute Gasteiger partial charge is 0.251 e. The Morgan fingerprint density at radius 1 is 0.912 bits per heavy atom. The van der Waals surface area contributed by atoms with Gasteiger partial charge in [-0.05, 0) is 47.9 Å². The summed E-state index contributed by atoms with van der Waals surface area (Å²) in [5.41, 5.74) is 2.16. The van der Waals surface area contributed by atoms with Crippen molar-refractivity contribution in [3.63, 3.8) is 0 Å². The van der Waals surface area contributed by atoms with Crippen LogP contribution in [0, 0.1) is 11.6 Å². The number of halogens is 2. The van der Waals surface area contributed by atoms with E-state index in [0.29, 0.717) is 13.0 Å². The fourth-order valence-corrected chi connectivity index (χ4v) is 5.13. The number of sulfonamides is 1. The van der Waals surface area contributed by atoms with E-state index in [1.165, 1.54) is 34.6 Å². The summed E-state index contributed by atoms with van der Waals surface area (Å²) in [4.78, 5) is 24.5. The Morgan fingerprint density at radius 2 is 1.68 bits per heavy atom. The minimum atomic E-state index is -3.83. The Labute approximate surface area is 195 Å². The summed E-state index contributed by atoms with van der Waals surface area (Å²) in [5, 5.41) is 4.73. The molecule has 1 aliphatic heterocycles. The lowest BCUT2D eigenvalue weighted by molar-refractivity contribution is -0.115. The maximum Gasteiger partial charge on any atom is 0.251 e. The van der Waals surface area contributed by atoms with E-state index in [1.807, 2.05) is 24.3 Å². The molecular weight excluding hydrogens is 464 g/mol. The minimum Gasteiger partial charge on any atom is -0.343 e. The average Bonchev–Trinajstić information content (AvgIpc) is 2.84. The van der Waals surface area contributed by atoms with Gasteiger partial charge in [0.2, 0.25) is 15.9 Å². The maximum atomic E-state index is 13.3. The van der Waals surface area contributed by atoms with Crippen molar-refractivity contribution < 1.29 is 26.8 Å². The first-order chi connectivity index (χ1) is 16.2. The molecule has 0 aromatic heterocycles. The summed E-state index contributed by atoms with van der Waals surface area (Å²) in [6.45, 7) is 0.136. The summed E-state index contributed by atoms with van der Waals surface area (Å²) in [5.74, 6) is -3.47. The fraction of sp³-hybridized carbons (Fsp3) is 0.167. The van der Waals surface area contributed by atoms with Gasteiger partial charge in [0.1, 0.15) is 0 Å². The molecule has 0 bridgehead atoms. The van der Waals surface area contributed by atoms with E-state index in [4.69, 9.17) is 0 Å². The molecule has 0 atom stereocenters. The number of nitrogens with zero attached hydrogens (tertiary/aromatic N) is 1. The van der Waals surface area contributed by atoms with Crippen molar-refractivity contribution in [3.05, 3.63) is 95.1 Å². The third-order valence-electron chi connectivity index (χ3n) is 5.44. The highest BCUT2D eigenvalue weighted by Gasteiger charge is 2.28. The summed E-state index contributed by atoms with van der Waals surface area (Å²) in [6, 6.07) is 16.1. The number of benzene rings is 3. The number of rotatable bonds is 6. The monoisotopic (exact) mass is 485 g/mol.